The average Bonchev–Trinajstić information content (AvgIpc) is 1.69. The molecule has 1 atom stereocenters. The third-order valence-corrected chi connectivity index (χ3v) is 2.23. The van der Waals surface area contributed by atoms with Gasteiger partial charge >= 0.3 is 70.1 Å². The summed E-state index contributed by atoms with van der Waals surface area (Å²) in [5, 5.41) is 2.93. The number of nitrogens with one attached hydrogen (secondary N) is 1. The number of carbonyl (C=O) groups is 1. The van der Waals surface area contributed by atoms with Gasteiger partial charge in [-0.1, -0.05) is 0 Å². The van der Waals surface area contributed by atoms with Gasteiger partial charge in [0.05, 0.1) is 0 Å². The summed E-state index contributed by atoms with van der Waals surface area (Å²) in [6.45, 7) is 1.62. The second-order valence-corrected chi connectivity index (χ2v) is 2.85. The standard InChI is InChI=1S/C5H10NO.Y/c1-4(6-3)5(2)7;/h4,6H,1H2,2-3H3;/t4-;/m0./s1. The molecule has 0 fully saturated rings. The Morgan fingerprint density at radius 1 is 1.88 bits per heavy atom. The fourth-order valence-electron chi connectivity index (χ4n) is 0.487. The SMILES string of the molecule is CN[C@@H]([CH2][Y])C(C)=O. The van der Waals surface area contributed by atoms with Gasteiger partial charge in [0.2, 0.25) is 0 Å². The van der Waals surface area contributed by atoms with Crippen LogP contribution in [0, 0.1) is 0 Å². The van der Waals surface area contributed by atoms with E-state index in [9.17, 15) is 4.79 Å². The maximum atomic E-state index is 10.6. The zero-order chi connectivity index (χ0) is 6.57. The zero-order valence-corrected chi connectivity index (χ0v) is 8.11. The first-order valence-corrected chi connectivity index (χ1v) is 4.60. The minimum absolute atomic E-state index is 0.123. The first-order chi connectivity index (χ1) is 3.72. The zero-order valence-electron chi connectivity index (χ0n) is 5.27. The van der Waals surface area contributed by atoms with E-state index in [4.69, 9.17) is 0 Å². The van der Waals surface area contributed by atoms with Crippen LogP contribution in [-0.4, -0.2) is 18.9 Å². The molecule has 8 heavy (non-hydrogen) atoms. The number of hydrogen-bond acceptors (Lipinski definition) is 2. The van der Waals surface area contributed by atoms with Crippen LogP contribution in [0.2, 0.25) is 3.23 Å². The molecule has 0 aromatic carbocycles. The van der Waals surface area contributed by atoms with Gasteiger partial charge in [-0.15, -0.1) is 0 Å². The van der Waals surface area contributed by atoms with Gasteiger partial charge in [-0.2, -0.15) is 0 Å². The Kier molecular flexibility index (Phi) is 5.02. The molecule has 0 bridgehead atoms. The Bertz CT molecular complexity index is 80.5. The molecule has 3 heteroatoms. The van der Waals surface area contributed by atoms with Crippen molar-refractivity contribution in [1.29, 1.82) is 0 Å². The quantitative estimate of drug-likeness (QED) is 0.683. The summed E-state index contributed by atoms with van der Waals surface area (Å²) in [4.78, 5) is 10.6. The van der Waals surface area contributed by atoms with E-state index in [1.165, 1.54) is 0 Å². The number of ketones is 1. The molecule has 0 radical (unpaired) electrons. The van der Waals surface area contributed by atoms with Crippen LogP contribution in [0.15, 0.2) is 0 Å². The fourth-order valence-corrected chi connectivity index (χ4v) is 1.88. The second kappa shape index (κ2) is 4.60. The van der Waals surface area contributed by atoms with Crippen LogP contribution < -0.4 is 5.32 Å². The molecule has 0 rings (SSSR count). The van der Waals surface area contributed by atoms with E-state index >= 15 is 0 Å². The third kappa shape index (κ3) is 2.90. The molecule has 0 heterocycles. The fraction of sp³-hybridized carbons (Fsp3) is 0.800. The van der Waals surface area contributed by atoms with Crippen LogP contribution in [0.25, 0.3) is 0 Å². The van der Waals surface area contributed by atoms with Crippen LogP contribution in [0.3, 0.4) is 0 Å². The normalized spacial score (nSPS) is 13.1. The van der Waals surface area contributed by atoms with Gasteiger partial charge in [0.1, 0.15) is 0 Å². The molecule has 1 N–H and O–H groups in total. The molecule has 0 aliphatic carbocycles. The van der Waals surface area contributed by atoms with Crippen molar-refractivity contribution in [3.63, 3.8) is 0 Å². The van der Waals surface area contributed by atoms with Gasteiger partial charge < -0.3 is 0 Å². The molecule has 2 nitrogen and oxygen atoms in total. The molecule has 0 aliphatic heterocycles. The summed E-state index contributed by atoms with van der Waals surface area (Å²) in [6, 6.07) is 0.123. The van der Waals surface area contributed by atoms with E-state index in [2.05, 4.69) is 5.32 Å². The molecule has 0 saturated carbocycles. The van der Waals surface area contributed by atoms with Crippen molar-refractivity contribution >= 4 is 5.78 Å². The summed E-state index contributed by atoms with van der Waals surface area (Å²) < 4.78 is 1.01. The van der Waals surface area contributed by atoms with Crippen molar-refractivity contribution in [2.45, 2.75) is 16.2 Å². The van der Waals surface area contributed by atoms with E-state index in [0.717, 1.165) is 34.2 Å². The Morgan fingerprint density at radius 3 is 2.38 bits per heavy atom. The number of likely N-dealkylation sites (N-methyl/N-ethyl adjacent to an activating group) is 1. The van der Waals surface area contributed by atoms with Gasteiger partial charge in [0, 0.05) is 0 Å². The van der Waals surface area contributed by atoms with E-state index in [1.807, 2.05) is 7.05 Å². The number of rotatable bonds is 3. The molecular formula is C5H10NOY. The van der Waals surface area contributed by atoms with Gasteiger partial charge in [0.25, 0.3) is 0 Å². The van der Waals surface area contributed by atoms with E-state index in [-0.39, 0.29) is 11.8 Å². The molecule has 0 spiro atoms. The number of carbonyl (C=O) groups excluding carboxylic acids is 1. The first-order valence-electron chi connectivity index (χ1n) is 2.60. The molecule has 0 aromatic heterocycles. The molecule has 0 aromatic rings. The summed E-state index contributed by atoms with van der Waals surface area (Å²) in [6.07, 6.45) is 0. The Labute approximate surface area is 69.8 Å². The molecule has 0 saturated heterocycles. The average molecular weight is 189 g/mol. The van der Waals surface area contributed by atoms with Crippen molar-refractivity contribution in [3.8, 4) is 0 Å². The number of hydrogen-bond donors (Lipinski definition) is 1. The molecule has 44 valence electrons. The predicted octanol–water partition coefficient (Wildman–Crippen LogP) is 0.128. The maximum absolute atomic E-state index is 10.6. The predicted molar refractivity (Wildman–Crippen MR) is 28.3 cm³/mol. The van der Waals surface area contributed by atoms with Gasteiger partial charge in [-0.25, -0.2) is 0 Å². The van der Waals surface area contributed by atoms with Crippen LogP contribution in [-0.2, 0) is 35.7 Å². The van der Waals surface area contributed by atoms with Crippen molar-refractivity contribution < 1.29 is 35.7 Å². The van der Waals surface area contributed by atoms with Crippen molar-refractivity contribution in [2.75, 3.05) is 7.05 Å². The van der Waals surface area contributed by atoms with Crippen LogP contribution in [0.1, 0.15) is 6.92 Å². The summed E-state index contributed by atoms with van der Waals surface area (Å²) in [7, 11) is 1.82. The molecule has 0 amide bonds. The first kappa shape index (κ1) is 8.73. The van der Waals surface area contributed by atoms with Crippen LogP contribution in [0.5, 0.6) is 0 Å². The van der Waals surface area contributed by atoms with Crippen LogP contribution in [0.4, 0.5) is 0 Å². The third-order valence-electron chi connectivity index (χ3n) is 1.07. The molecule has 0 aliphatic rings. The topological polar surface area (TPSA) is 29.1 Å². The van der Waals surface area contributed by atoms with Crippen molar-refractivity contribution in [2.24, 2.45) is 0 Å². The number of Topliss-reactive ketones (excluding diaryl/α,β-unsaturated/α-hetero) is 1. The van der Waals surface area contributed by atoms with Crippen molar-refractivity contribution in [3.05, 3.63) is 0 Å². The van der Waals surface area contributed by atoms with Crippen molar-refractivity contribution in [1.82, 2.24) is 5.32 Å². The van der Waals surface area contributed by atoms with E-state index in [1.54, 1.807) is 6.92 Å². The molecular weight excluding hydrogens is 179 g/mol. The van der Waals surface area contributed by atoms with Crippen LogP contribution >= 0.6 is 0 Å². The Hall–Kier alpha value is 0.734. The van der Waals surface area contributed by atoms with Gasteiger partial charge in [0.15, 0.2) is 0 Å². The summed E-state index contributed by atoms with van der Waals surface area (Å²) >= 11 is 1.15. The summed E-state index contributed by atoms with van der Waals surface area (Å²) in [5.41, 5.74) is 0. The Morgan fingerprint density at radius 2 is 2.38 bits per heavy atom. The van der Waals surface area contributed by atoms with Gasteiger partial charge in [-0.3, -0.25) is 0 Å². The summed E-state index contributed by atoms with van der Waals surface area (Å²) in [5.74, 6) is 0.250. The monoisotopic (exact) mass is 189 g/mol. The van der Waals surface area contributed by atoms with E-state index in [0.29, 0.717) is 0 Å². The minimum atomic E-state index is 0.123. The Balaban J connectivity index is 3.52. The second-order valence-electron chi connectivity index (χ2n) is 1.69. The molecule has 0 unspecified atom stereocenters. The van der Waals surface area contributed by atoms with Gasteiger partial charge in [-0.05, 0) is 0 Å². The van der Waals surface area contributed by atoms with E-state index < -0.39 is 0 Å².